The highest BCUT2D eigenvalue weighted by atomic mass is 35.5. The first kappa shape index (κ1) is 14.3. The number of hydrogen-bond acceptors (Lipinski definition) is 4. The van der Waals surface area contributed by atoms with Crippen LogP contribution in [0.25, 0.3) is 0 Å². The van der Waals surface area contributed by atoms with Crippen LogP contribution in [0.4, 0.5) is 0 Å². The highest BCUT2D eigenvalue weighted by molar-refractivity contribution is 6.30. The van der Waals surface area contributed by atoms with Gasteiger partial charge in [-0.25, -0.2) is 0 Å². The van der Waals surface area contributed by atoms with E-state index in [1.807, 2.05) is 14.0 Å². The standard InChI is InChI=1S/C14H21ClN2O3/c1-10-12(13(15)17(2)16-10)9-18-11-3-5-14(6-4-11)19-7-8-20-14/h11H,3-9H2,1-2H3. The number of aromatic nitrogens is 2. The Kier molecular flexibility index (Phi) is 4.04. The summed E-state index contributed by atoms with van der Waals surface area (Å²) in [5, 5.41) is 4.96. The molecule has 1 aromatic rings. The number of rotatable bonds is 3. The van der Waals surface area contributed by atoms with E-state index in [0.717, 1.165) is 50.2 Å². The second kappa shape index (κ2) is 5.64. The molecule has 0 unspecified atom stereocenters. The fourth-order valence-corrected chi connectivity index (χ4v) is 3.25. The Morgan fingerprint density at radius 1 is 1.35 bits per heavy atom. The van der Waals surface area contributed by atoms with Gasteiger partial charge in [0, 0.05) is 25.5 Å². The molecule has 1 spiro atoms. The van der Waals surface area contributed by atoms with E-state index in [1.54, 1.807) is 4.68 Å². The first-order valence-electron chi connectivity index (χ1n) is 7.17. The lowest BCUT2D eigenvalue weighted by Gasteiger charge is -2.35. The van der Waals surface area contributed by atoms with Crippen molar-refractivity contribution in [2.24, 2.45) is 7.05 Å². The minimum Gasteiger partial charge on any atom is -0.373 e. The van der Waals surface area contributed by atoms with Crippen molar-refractivity contribution in [2.45, 2.75) is 51.1 Å². The largest absolute Gasteiger partial charge is 0.373 e. The van der Waals surface area contributed by atoms with E-state index >= 15 is 0 Å². The monoisotopic (exact) mass is 300 g/mol. The maximum absolute atomic E-state index is 6.21. The van der Waals surface area contributed by atoms with Gasteiger partial charge in [0.05, 0.1) is 31.6 Å². The summed E-state index contributed by atoms with van der Waals surface area (Å²) in [5.41, 5.74) is 1.93. The van der Waals surface area contributed by atoms with E-state index in [1.165, 1.54) is 0 Å². The number of ether oxygens (including phenoxy) is 3. The van der Waals surface area contributed by atoms with Crippen LogP contribution in [-0.4, -0.2) is 34.9 Å². The summed E-state index contributed by atoms with van der Waals surface area (Å²) in [5.74, 6) is -0.318. The Balaban J connectivity index is 1.52. The smallest absolute Gasteiger partial charge is 0.168 e. The van der Waals surface area contributed by atoms with Crippen molar-refractivity contribution in [1.82, 2.24) is 9.78 Å². The van der Waals surface area contributed by atoms with Crippen molar-refractivity contribution >= 4 is 11.6 Å². The maximum atomic E-state index is 6.21. The first-order valence-corrected chi connectivity index (χ1v) is 7.55. The van der Waals surface area contributed by atoms with E-state index in [0.29, 0.717) is 11.8 Å². The van der Waals surface area contributed by atoms with Crippen LogP contribution in [0.3, 0.4) is 0 Å². The van der Waals surface area contributed by atoms with Gasteiger partial charge in [0.15, 0.2) is 5.79 Å². The predicted molar refractivity (Wildman–Crippen MR) is 74.6 cm³/mol. The molecule has 1 saturated heterocycles. The third kappa shape index (κ3) is 2.72. The zero-order valence-electron chi connectivity index (χ0n) is 12.0. The highest BCUT2D eigenvalue weighted by Crippen LogP contribution is 2.37. The molecule has 0 bridgehead atoms. The Bertz CT molecular complexity index is 473. The van der Waals surface area contributed by atoms with Gasteiger partial charge in [-0.15, -0.1) is 0 Å². The lowest BCUT2D eigenvalue weighted by Crippen LogP contribution is -2.37. The van der Waals surface area contributed by atoms with E-state index in [2.05, 4.69) is 5.10 Å². The second-order valence-electron chi connectivity index (χ2n) is 5.60. The van der Waals surface area contributed by atoms with Crippen LogP contribution in [0.15, 0.2) is 0 Å². The van der Waals surface area contributed by atoms with Gasteiger partial charge in [-0.2, -0.15) is 5.10 Å². The van der Waals surface area contributed by atoms with Crippen molar-refractivity contribution in [3.8, 4) is 0 Å². The number of aryl methyl sites for hydroxylation is 2. The minimum atomic E-state index is -0.318. The van der Waals surface area contributed by atoms with Crippen LogP contribution in [0.1, 0.15) is 36.9 Å². The second-order valence-corrected chi connectivity index (χ2v) is 5.95. The fraction of sp³-hybridized carbons (Fsp3) is 0.786. The average Bonchev–Trinajstić information content (AvgIpc) is 2.98. The number of nitrogens with zero attached hydrogens (tertiary/aromatic N) is 2. The normalized spacial score (nSPS) is 22.8. The van der Waals surface area contributed by atoms with Crippen molar-refractivity contribution in [2.75, 3.05) is 13.2 Å². The first-order chi connectivity index (χ1) is 9.60. The van der Waals surface area contributed by atoms with Gasteiger partial charge in [-0.3, -0.25) is 4.68 Å². The summed E-state index contributed by atoms with van der Waals surface area (Å²) < 4.78 is 19.1. The molecule has 20 heavy (non-hydrogen) atoms. The van der Waals surface area contributed by atoms with Crippen LogP contribution in [-0.2, 0) is 27.9 Å². The van der Waals surface area contributed by atoms with E-state index in [9.17, 15) is 0 Å². The Morgan fingerprint density at radius 2 is 2.00 bits per heavy atom. The summed E-state index contributed by atoms with van der Waals surface area (Å²) in [6.45, 7) is 3.92. The van der Waals surface area contributed by atoms with Crippen LogP contribution in [0.5, 0.6) is 0 Å². The zero-order chi connectivity index (χ0) is 14.2. The molecule has 6 heteroatoms. The van der Waals surface area contributed by atoms with Crippen LogP contribution in [0.2, 0.25) is 5.15 Å². The van der Waals surface area contributed by atoms with Gasteiger partial charge in [0.1, 0.15) is 5.15 Å². The molecule has 2 aliphatic rings. The Hall–Kier alpha value is -0.620. The quantitative estimate of drug-likeness (QED) is 0.861. The molecule has 0 N–H and O–H groups in total. The van der Waals surface area contributed by atoms with E-state index in [4.69, 9.17) is 25.8 Å². The van der Waals surface area contributed by atoms with Crippen LogP contribution >= 0.6 is 11.6 Å². The molecule has 5 nitrogen and oxygen atoms in total. The molecule has 2 fully saturated rings. The highest BCUT2D eigenvalue weighted by Gasteiger charge is 2.40. The van der Waals surface area contributed by atoms with Gasteiger partial charge in [-0.05, 0) is 19.8 Å². The van der Waals surface area contributed by atoms with Gasteiger partial charge >= 0.3 is 0 Å². The van der Waals surface area contributed by atoms with Gasteiger partial charge in [0.25, 0.3) is 0 Å². The lowest BCUT2D eigenvalue weighted by molar-refractivity contribution is -0.192. The molecule has 1 aliphatic carbocycles. The number of hydrogen-bond donors (Lipinski definition) is 0. The molecule has 1 saturated carbocycles. The topological polar surface area (TPSA) is 45.5 Å². The van der Waals surface area contributed by atoms with Crippen molar-refractivity contribution in [1.29, 1.82) is 0 Å². The number of halogens is 1. The molecule has 1 aromatic heterocycles. The summed E-state index contributed by atoms with van der Waals surface area (Å²) in [7, 11) is 1.85. The summed E-state index contributed by atoms with van der Waals surface area (Å²) >= 11 is 6.21. The van der Waals surface area contributed by atoms with Crippen molar-refractivity contribution in [3.63, 3.8) is 0 Å². The van der Waals surface area contributed by atoms with Crippen LogP contribution < -0.4 is 0 Å². The molecular formula is C14H21ClN2O3. The molecule has 0 atom stereocenters. The molecule has 0 aromatic carbocycles. The summed E-state index contributed by atoms with van der Waals surface area (Å²) in [6, 6.07) is 0. The molecule has 3 rings (SSSR count). The van der Waals surface area contributed by atoms with Crippen LogP contribution in [0, 0.1) is 6.92 Å². The van der Waals surface area contributed by atoms with Gasteiger partial charge in [-0.1, -0.05) is 11.6 Å². The predicted octanol–water partition coefficient (Wildman–Crippen LogP) is 2.58. The maximum Gasteiger partial charge on any atom is 0.168 e. The molecular weight excluding hydrogens is 280 g/mol. The lowest BCUT2D eigenvalue weighted by atomic mass is 9.92. The minimum absolute atomic E-state index is 0.254. The third-order valence-corrected chi connectivity index (χ3v) is 4.71. The molecule has 2 heterocycles. The summed E-state index contributed by atoms with van der Waals surface area (Å²) in [4.78, 5) is 0. The fourth-order valence-electron chi connectivity index (χ4n) is 3.02. The Labute approximate surface area is 124 Å². The van der Waals surface area contributed by atoms with Gasteiger partial charge < -0.3 is 14.2 Å². The molecule has 112 valence electrons. The SMILES string of the molecule is Cc1nn(C)c(Cl)c1COC1CCC2(CC1)OCCO2. The van der Waals surface area contributed by atoms with E-state index < -0.39 is 0 Å². The molecule has 0 radical (unpaired) electrons. The van der Waals surface area contributed by atoms with E-state index in [-0.39, 0.29) is 11.9 Å². The van der Waals surface area contributed by atoms with Crippen molar-refractivity contribution < 1.29 is 14.2 Å². The summed E-state index contributed by atoms with van der Waals surface area (Å²) in [6.07, 6.45) is 4.02. The molecule has 0 amide bonds. The molecule has 1 aliphatic heterocycles. The average molecular weight is 301 g/mol. The van der Waals surface area contributed by atoms with Gasteiger partial charge in [0.2, 0.25) is 0 Å². The van der Waals surface area contributed by atoms with Crippen molar-refractivity contribution in [3.05, 3.63) is 16.4 Å². The zero-order valence-corrected chi connectivity index (χ0v) is 12.8. The third-order valence-electron chi connectivity index (χ3n) is 4.24. The Morgan fingerprint density at radius 3 is 2.55 bits per heavy atom.